The molecule has 0 aromatic heterocycles. The molecule has 0 aliphatic carbocycles. The Bertz CT molecular complexity index is 664. The van der Waals surface area contributed by atoms with Crippen LogP contribution in [0.25, 0.3) is 0 Å². The smallest absolute Gasteiger partial charge is 0.228 e. The molecule has 0 spiro atoms. The number of rotatable bonds is 6. The predicted molar refractivity (Wildman–Crippen MR) is 94.7 cm³/mol. The Kier molecular flexibility index (Phi) is 5.72. The fourth-order valence-corrected chi connectivity index (χ4v) is 2.72. The fourth-order valence-electron chi connectivity index (χ4n) is 2.59. The van der Waals surface area contributed by atoms with Gasteiger partial charge in [-0.15, -0.1) is 0 Å². The number of amides is 1. The van der Waals surface area contributed by atoms with Crippen LogP contribution in [0.1, 0.15) is 18.4 Å². The van der Waals surface area contributed by atoms with Crippen molar-refractivity contribution in [2.75, 3.05) is 18.5 Å². The Hall–Kier alpha value is -2.04. The molecule has 1 saturated heterocycles. The van der Waals surface area contributed by atoms with Crippen molar-refractivity contribution in [3.63, 3.8) is 0 Å². The summed E-state index contributed by atoms with van der Waals surface area (Å²) in [5.41, 5.74) is 1.67. The summed E-state index contributed by atoms with van der Waals surface area (Å²) in [7, 11) is 0. The number of carbonyl (C=O) groups is 1. The molecule has 1 aliphatic rings. The molecule has 2 aromatic carbocycles. The van der Waals surface area contributed by atoms with E-state index in [9.17, 15) is 4.79 Å². The van der Waals surface area contributed by atoms with E-state index in [0.717, 1.165) is 36.4 Å². The Morgan fingerprint density at radius 1 is 1.17 bits per heavy atom. The maximum atomic E-state index is 12.1. The first-order valence-electron chi connectivity index (χ1n) is 8.08. The van der Waals surface area contributed by atoms with Gasteiger partial charge in [-0.2, -0.15) is 0 Å². The first-order chi connectivity index (χ1) is 11.7. The number of halogens is 1. The summed E-state index contributed by atoms with van der Waals surface area (Å²) < 4.78 is 11.2. The molecule has 1 N–H and O–H groups in total. The summed E-state index contributed by atoms with van der Waals surface area (Å²) >= 11 is 5.84. The van der Waals surface area contributed by atoms with E-state index < -0.39 is 0 Å². The largest absolute Gasteiger partial charge is 0.491 e. The van der Waals surface area contributed by atoms with Gasteiger partial charge in [0.2, 0.25) is 5.91 Å². The molecular formula is C19H20ClNO3. The maximum absolute atomic E-state index is 12.1. The topological polar surface area (TPSA) is 47.6 Å². The second-order valence-corrected chi connectivity index (χ2v) is 6.26. The van der Waals surface area contributed by atoms with Crippen molar-refractivity contribution >= 4 is 23.2 Å². The van der Waals surface area contributed by atoms with Crippen LogP contribution in [-0.4, -0.2) is 25.2 Å². The Balaban J connectivity index is 1.47. The lowest BCUT2D eigenvalue weighted by atomic mass is 10.1. The molecule has 3 rings (SSSR count). The number of benzene rings is 2. The van der Waals surface area contributed by atoms with Gasteiger partial charge in [-0.25, -0.2) is 0 Å². The SMILES string of the molecule is O=C(Cc1ccc(Cl)cc1)Nc1ccc(OC[C@@H]2CCCO2)cc1. The first-order valence-corrected chi connectivity index (χ1v) is 8.45. The zero-order valence-electron chi connectivity index (χ0n) is 13.3. The molecule has 0 bridgehead atoms. The van der Waals surface area contributed by atoms with E-state index in [0.29, 0.717) is 18.1 Å². The average Bonchev–Trinajstić information content (AvgIpc) is 3.10. The summed E-state index contributed by atoms with van der Waals surface area (Å²) in [5, 5.41) is 3.54. The predicted octanol–water partition coefficient (Wildman–Crippen LogP) is 4.08. The summed E-state index contributed by atoms with van der Waals surface area (Å²) in [5.74, 6) is 0.714. The Labute approximate surface area is 146 Å². The number of hydrogen-bond donors (Lipinski definition) is 1. The molecule has 1 fully saturated rings. The number of ether oxygens (including phenoxy) is 2. The molecule has 2 aromatic rings. The first kappa shape index (κ1) is 16.8. The van der Waals surface area contributed by atoms with Crippen molar-refractivity contribution < 1.29 is 14.3 Å². The summed E-state index contributed by atoms with van der Waals surface area (Å²) in [6, 6.07) is 14.7. The van der Waals surface area contributed by atoms with Gasteiger partial charge in [0.15, 0.2) is 0 Å². The molecular weight excluding hydrogens is 326 g/mol. The third-order valence-electron chi connectivity index (χ3n) is 3.88. The fraction of sp³-hybridized carbons (Fsp3) is 0.316. The Morgan fingerprint density at radius 2 is 1.92 bits per heavy atom. The van der Waals surface area contributed by atoms with Gasteiger partial charge in [-0.1, -0.05) is 23.7 Å². The maximum Gasteiger partial charge on any atom is 0.228 e. The van der Waals surface area contributed by atoms with Gasteiger partial charge in [0.05, 0.1) is 12.5 Å². The lowest BCUT2D eigenvalue weighted by Gasteiger charge is -2.12. The quantitative estimate of drug-likeness (QED) is 0.858. The van der Waals surface area contributed by atoms with E-state index in [2.05, 4.69) is 5.32 Å². The van der Waals surface area contributed by atoms with E-state index in [4.69, 9.17) is 21.1 Å². The minimum Gasteiger partial charge on any atom is -0.491 e. The van der Waals surface area contributed by atoms with Crippen molar-refractivity contribution in [3.05, 3.63) is 59.1 Å². The number of hydrogen-bond acceptors (Lipinski definition) is 3. The molecule has 4 nitrogen and oxygen atoms in total. The standard InChI is InChI=1S/C19H20ClNO3/c20-15-5-3-14(4-6-15)12-19(22)21-16-7-9-17(10-8-16)24-13-18-2-1-11-23-18/h3-10,18H,1-2,11-13H2,(H,21,22)/t18-/m0/s1. The molecule has 0 radical (unpaired) electrons. The van der Waals surface area contributed by atoms with Gasteiger partial charge in [-0.05, 0) is 54.8 Å². The van der Waals surface area contributed by atoms with E-state index >= 15 is 0 Å². The monoisotopic (exact) mass is 345 g/mol. The van der Waals surface area contributed by atoms with E-state index in [1.165, 1.54) is 0 Å². The second-order valence-electron chi connectivity index (χ2n) is 5.82. The van der Waals surface area contributed by atoms with Gasteiger partial charge < -0.3 is 14.8 Å². The third-order valence-corrected chi connectivity index (χ3v) is 4.13. The van der Waals surface area contributed by atoms with Crippen LogP contribution >= 0.6 is 11.6 Å². The van der Waals surface area contributed by atoms with Crippen LogP contribution in [-0.2, 0) is 16.0 Å². The highest BCUT2D eigenvalue weighted by atomic mass is 35.5. The van der Waals surface area contributed by atoms with Crippen molar-refractivity contribution in [3.8, 4) is 5.75 Å². The molecule has 1 atom stereocenters. The van der Waals surface area contributed by atoms with Crippen molar-refractivity contribution in [2.45, 2.75) is 25.4 Å². The molecule has 24 heavy (non-hydrogen) atoms. The van der Waals surface area contributed by atoms with Crippen LogP contribution in [0.5, 0.6) is 5.75 Å². The minimum absolute atomic E-state index is 0.0645. The van der Waals surface area contributed by atoms with Gasteiger partial charge in [-0.3, -0.25) is 4.79 Å². The highest BCUT2D eigenvalue weighted by molar-refractivity contribution is 6.30. The van der Waals surface area contributed by atoms with Gasteiger partial charge in [0, 0.05) is 17.3 Å². The number of nitrogens with one attached hydrogen (secondary N) is 1. The molecule has 0 saturated carbocycles. The zero-order valence-corrected chi connectivity index (χ0v) is 14.1. The zero-order chi connectivity index (χ0) is 16.8. The normalized spacial score (nSPS) is 16.8. The van der Waals surface area contributed by atoms with E-state index in [-0.39, 0.29) is 12.0 Å². The van der Waals surface area contributed by atoms with Crippen LogP contribution in [0, 0.1) is 0 Å². The number of anilines is 1. The second kappa shape index (κ2) is 8.18. The summed E-state index contributed by atoms with van der Waals surface area (Å²) in [4.78, 5) is 12.1. The van der Waals surface area contributed by atoms with E-state index in [1.54, 1.807) is 12.1 Å². The number of carbonyl (C=O) groups excluding carboxylic acids is 1. The molecule has 0 unspecified atom stereocenters. The van der Waals surface area contributed by atoms with Crippen molar-refractivity contribution in [1.82, 2.24) is 0 Å². The average molecular weight is 346 g/mol. The highest BCUT2D eigenvalue weighted by Gasteiger charge is 2.15. The van der Waals surface area contributed by atoms with Gasteiger partial charge in [0.25, 0.3) is 0 Å². The molecule has 1 aliphatic heterocycles. The van der Waals surface area contributed by atoms with Crippen LogP contribution in [0.2, 0.25) is 5.02 Å². The van der Waals surface area contributed by atoms with Crippen LogP contribution in [0.15, 0.2) is 48.5 Å². The molecule has 5 heteroatoms. The summed E-state index contributed by atoms with van der Waals surface area (Å²) in [6.45, 7) is 1.40. The minimum atomic E-state index is -0.0645. The van der Waals surface area contributed by atoms with Crippen LogP contribution < -0.4 is 10.1 Å². The lowest BCUT2D eigenvalue weighted by molar-refractivity contribution is -0.115. The third kappa shape index (κ3) is 4.98. The van der Waals surface area contributed by atoms with Crippen molar-refractivity contribution in [1.29, 1.82) is 0 Å². The highest BCUT2D eigenvalue weighted by Crippen LogP contribution is 2.19. The van der Waals surface area contributed by atoms with Crippen LogP contribution in [0.4, 0.5) is 5.69 Å². The van der Waals surface area contributed by atoms with Crippen molar-refractivity contribution in [2.24, 2.45) is 0 Å². The van der Waals surface area contributed by atoms with E-state index in [1.807, 2.05) is 36.4 Å². The van der Waals surface area contributed by atoms with Gasteiger partial charge in [0.1, 0.15) is 12.4 Å². The Morgan fingerprint density at radius 3 is 2.58 bits per heavy atom. The lowest BCUT2D eigenvalue weighted by Crippen LogP contribution is -2.16. The molecule has 1 amide bonds. The van der Waals surface area contributed by atoms with Gasteiger partial charge >= 0.3 is 0 Å². The molecule has 126 valence electrons. The molecule has 1 heterocycles. The summed E-state index contributed by atoms with van der Waals surface area (Å²) in [6.07, 6.45) is 2.67. The van der Waals surface area contributed by atoms with Crippen LogP contribution in [0.3, 0.4) is 0 Å².